The normalized spacial score (nSPS) is 12.5. The molecule has 3 nitrogen and oxygen atoms in total. The van der Waals surface area contributed by atoms with Crippen molar-refractivity contribution in [1.82, 2.24) is 4.98 Å². The summed E-state index contributed by atoms with van der Waals surface area (Å²) < 4.78 is 0. The van der Waals surface area contributed by atoms with E-state index >= 15 is 0 Å². The van der Waals surface area contributed by atoms with Gasteiger partial charge in [-0.25, -0.2) is 0 Å². The molecule has 0 radical (unpaired) electrons. The molecule has 108 valence electrons. The number of nitrogens with one attached hydrogen (secondary N) is 1. The summed E-state index contributed by atoms with van der Waals surface area (Å²) >= 11 is 7.95. The second-order valence-corrected chi connectivity index (χ2v) is 6.25. The number of halogens is 1. The van der Waals surface area contributed by atoms with Crippen molar-refractivity contribution >= 4 is 39.5 Å². The van der Waals surface area contributed by atoms with E-state index in [-0.39, 0.29) is 6.04 Å². The molecule has 0 spiro atoms. The molecule has 0 aliphatic heterocycles. The van der Waals surface area contributed by atoms with Crippen LogP contribution in [0.25, 0.3) is 10.9 Å². The Labute approximate surface area is 132 Å². The first-order valence-electron chi connectivity index (χ1n) is 6.74. The monoisotopic (exact) mass is 317 g/mol. The molecule has 0 saturated carbocycles. The maximum atomic E-state index is 6.23. The van der Waals surface area contributed by atoms with Gasteiger partial charge in [-0.3, -0.25) is 4.98 Å². The van der Waals surface area contributed by atoms with E-state index in [4.69, 9.17) is 17.3 Å². The molecule has 5 heteroatoms. The summed E-state index contributed by atoms with van der Waals surface area (Å²) in [6.07, 6.45) is 1.78. The quantitative estimate of drug-likeness (QED) is 0.751. The average molecular weight is 318 g/mol. The molecule has 3 N–H and O–H groups in total. The van der Waals surface area contributed by atoms with E-state index in [2.05, 4.69) is 28.7 Å². The van der Waals surface area contributed by atoms with Crippen LogP contribution < -0.4 is 11.1 Å². The van der Waals surface area contributed by atoms with Crippen molar-refractivity contribution in [1.29, 1.82) is 0 Å². The standard InChI is InChI=1S/C16H16ClN3S/c1-10-6-8-21-16(10)14(9-18)20-13-5-4-12(17)11-3-2-7-19-15(11)13/h2-8,14,20H,9,18H2,1H3. The molecule has 2 aromatic heterocycles. The van der Waals surface area contributed by atoms with Gasteiger partial charge in [0, 0.05) is 23.0 Å². The summed E-state index contributed by atoms with van der Waals surface area (Å²) in [4.78, 5) is 5.71. The van der Waals surface area contributed by atoms with Crippen molar-refractivity contribution in [2.24, 2.45) is 5.73 Å². The molecule has 2 heterocycles. The first-order valence-corrected chi connectivity index (χ1v) is 8.00. The largest absolute Gasteiger partial charge is 0.374 e. The van der Waals surface area contributed by atoms with Crippen LogP contribution in [-0.4, -0.2) is 11.5 Å². The zero-order valence-corrected chi connectivity index (χ0v) is 13.2. The van der Waals surface area contributed by atoms with Crippen LogP contribution in [0.4, 0.5) is 5.69 Å². The fourth-order valence-electron chi connectivity index (χ4n) is 2.41. The Bertz CT molecular complexity index is 769. The maximum Gasteiger partial charge on any atom is 0.0948 e. The topological polar surface area (TPSA) is 50.9 Å². The second kappa shape index (κ2) is 6.02. The van der Waals surface area contributed by atoms with E-state index in [0.717, 1.165) is 16.6 Å². The van der Waals surface area contributed by atoms with Crippen LogP contribution in [-0.2, 0) is 0 Å². The number of nitrogens with zero attached hydrogens (tertiary/aromatic N) is 1. The highest BCUT2D eigenvalue weighted by molar-refractivity contribution is 7.10. The molecule has 0 aliphatic carbocycles. The predicted molar refractivity (Wildman–Crippen MR) is 91.2 cm³/mol. The van der Waals surface area contributed by atoms with Crippen molar-refractivity contribution in [3.63, 3.8) is 0 Å². The number of aryl methyl sites for hydroxylation is 1. The predicted octanol–water partition coefficient (Wildman–Crippen LogP) is 4.37. The molecular formula is C16H16ClN3S. The van der Waals surface area contributed by atoms with Crippen LogP contribution in [0.3, 0.4) is 0 Å². The van der Waals surface area contributed by atoms with Gasteiger partial charge in [0.15, 0.2) is 0 Å². The van der Waals surface area contributed by atoms with Crippen LogP contribution in [0.2, 0.25) is 5.02 Å². The third-order valence-corrected chi connectivity index (χ3v) is 4.96. The fourth-order valence-corrected chi connectivity index (χ4v) is 3.62. The van der Waals surface area contributed by atoms with Crippen molar-refractivity contribution < 1.29 is 0 Å². The van der Waals surface area contributed by atoms with Gasteiger partial charge in [-0.2, -0.15) is 0 Å². The molecule has 0 saturated heterocycles. The Kier molecular flexibility index (Phi) is 4.10. The second-order valence-electron chi connectivity index (χ2n) is 4.90. The number of anilines is 1. The summed E-state index contributed by atoms with van der Waals surface area (Å²) in [5, 5.41) is 7.25. The third kappa shape index (κ3) is 2.75. The number of hydrogen-bond donors (Lipinski definition) is 2. The van der Waals surface area contributed by atoms with Gasteiger partial charge >= 0.3 is 0 Å². The fraction of sp³-hybridized carbons (Fsp3) is 0.188. The lowest BCUT2D eigenvalue weighted by molar-refractivity contribution is 0.801. The third-order valence-electron chi connectivity index (χ3n) is 3.50. The van der Waals surface area contributed by atoms with Crippen LogP contribution in [0.5, 0.6) is 0 Å². The molecular weight excluding hydrogens is 302 g/mol. The Balaban J connectivity index is 2.01. The first-order chi connectivity index (χ1) is 10.2. The molecule has 1 aromatic carbocycles. The highest BCUT2D eigenvalue weighted by atomic mass is 35.5. The van der Waals surface area contributed by atoms with Gasteiger partial charge in [-0.05, 0) is 48.2 Å². The number of fused-ring (bicyclic) bond motifs is 1. The molecule has 21 heavy (non-hydrogen) atoms. The van der Waals surface area contributed by atoms with Crippen molar-refractivity contribution in [3.05, 3.63) is 57.4 Å². The lowest BCUT2D eigenvalue weighted by Gasteiger charge is -2.19. The van der Waals surface area contributed by atoms with E-state index in [1.807, 2.05) is 24.3 Å². The summed E-state index contributed by atoms with van der Waals surface area (Å²) in [7, 11) is 0. The smallest absolute Gasteiger partial charge is 0.0948 e. The van der Waals surface area contributed by atoms with Crippen LogP contribution in [0.1, 0.15) is 16.5 Å². The number of benzene rings is 1. The van der Waals surface area contributed by atoms with Crippen molar-refractivity contribution in [2.45, 2.75) is 13.0 Å². The minimum absolute atomic E-state index is 0.0800. The zero-order valence-electron chi connectivity index (χ0n) is 11.6. The molecule has 3 aromatic rings. The van der Waals surface area contributed by atoms with Gasteiger partial charge in [-0.1, -0.05) is 11.6 Å². The summed E-state index contributed by atoms with van der Waals surface area (Å²) in [5.74, 6) is 0. The van der Waals surface area contributed by atoms with E-state index in [1.54, 1.807) is 17.5 Å². The first kappa shape index (κ1) is 14.3. The van der Waals surface area contributed by atoms with E-state index in [0.29, 0.717) is 11.6 Å². The molecule has 0 fully saturated rings. The molecule has 0 amide bonds. The van der Waals surface area contributed by atoms with Crippen LogP contribution >= 0.6 is 22.9 Å². The highest BCUT2D eigenvalue weighted by Gasteiger charge is 2.15. The average Bonchev–Trinajstić information content (AvgIpc) is 2.93. The lowest BCUT2D eigenvalue weighted by atomic mass is 10.1. The van der Waals surface area contributed by atoms with E-state index in [1.165, 1.54) is 10.4 Å². The van der Waals surface area contributed by atoms with Gasteiger partial charge in [-0.15, -0.1) is 11.3 Å². The Morgan fingerprint density at radius 1 is 1.33 bits per heavy atom. The van der Waals surface area contributed by atoms with Gasteiger partial charge in [0.1, 0.15) is 0 Å². The number of pyridine rings is 1. The number of nitrogens with two attached hydrogens (primary N) is 1. The Hall–Kier alpha value is -1.62. The van der Waals surface area contributed by atoms with Crippen LogP contribution in [0.15, 0.2) is 41.9 Å². The van der Waals surface area contributed by atoms with Crippen molar-refractivity contribution in [2.75, 3.05) is 11.9 Å². The minimum atomic E-state index is 0.0800. The van der Waals surface area contributed by atoms with Gasteiger partial charge < -0.3 is 11.1 Å². The number of aromatic nitrogens is 1. The number of hydrogen-bond acceptors (Lipinski definition) is 4. The van der Waals surface area contributed by atoms with Gasteiger partial charge in [0.2, 0.25) is 0 Å². The maximum absolute atomic E-state index is 6.23. The Morgan fingerprint density at radius 2 is 2.19 bits per heavy atom. The molecule has 1 unspecified atom stereocenters. The van der Waals surface area contributed by atoms with E-state index < -0.39 is 0 Å². The SMILES string of the molecule is Cc1ccsc1C(CN)Nc1ccc(Cl)c2cccnc12. The van der Waals surface area contributed by atoms with Gasteiger partial charge in [0.05, 0.1) is 22.3 Å². The molecule has 0 aliphatic rings. The van der Waals surface area contributed by atoms with Gasteiger partial charge in [0.25, 0.3) is 0 Å². The summed E-state index contributed by atoms with van der Waals surface area (Å²) in [6.45, 7) is 2.63. The van der Waals surface area contributed by atoms with E-state index in [9.17, 15) is 0 Å². The highest BCUT2D eigenvalue weighted by Crippen LogP contribution is 2.32. The molecule has 0 bridgehead atoms. The molecule has 3 rings (SSSR count). The molecule has 1 atom stereocenters. The van der Waals surface area contributed by atoms with Crippen molar-refractivity contribution in [3.8, 4) is 0 Å². The van der Waals surface area contributed by atoms with Crippen LogP contribution in [0, 0.1) is 6.92 Å². The zero-order chi connectivity index (χ0) is 14.8. The Morgan fingerprint density at radius 3 is 2.90 bits per heavy atom. The summed E-state index contributed by atoms with van der Waals surface area (Å²) in [5.41, 5.74) is 9.04. The number of rotatable bonds is 4. The number of thiophene rings is 1. The minimum Gasteiger partial charge on any atom is -0.374 e. The lowest BCUT2D eigenvalue weighted by Crippen LogP contribution is -2.20. The summed E-state index contributed by atoms with van der Waals surface area (Å²) in [6, 6.07) is 9.91.